The van der Waals surface area contributed by atoms with Gasteiger partial charge in [0.25, 0.3) is 5.91 Å². The molecule has 0 N–H and O–H groups in total. The Hall–Kier alpha value is -0.350. The van der Waals surface area contributed by atoms with E-state index in [9.17, 15) is 4.79 Å². The predicted molar refractivity (Wildman–Crippen MR) is 73.5 cm³/mol. The molecule has 0 aromatic carbocycles. The number of hydrogen-bond donors (Lipinski definition) is 0. The van der Waals surface area contributed by atoms with Crippen LogP contribution < -0.4 is 0 Å². The van der Waals surface area contributed by atoms with Crippen molar-refractivity contribution in [1.82, 2.24) is 4.90 Å². The van der Waals surface area contributed by atoms with Crippen LogP contribution in [0.3, 0.4) is 0 Å². The summed E-state index contributed by atoms with van der Waals surface area (Å²) in [7, 11) is 0. The van der Waals surface area contributed by atoms with Gasteiger partial charge in [0.1, 0.15) is 0 Å². The van der Waals surface area contributed by atoms with Gasteiger partial charge in [0.15, 0.2) is 0 Å². The van der Waals surface area contributed by atoms with E-state index in [0.29, 0.717) is 0 Å². The molecule has 2 atom stereocenters. The standard InChI is InChI=1S/C13H16BrNOS/c1-8-5-11(17-12(8)14)13(16)15-6-9-3-2-4-10(9)7-15/h5,9-10H,2-4,6-7H2,1H3. The number of fused-ring (bicyclic) bond motifs is 1. The highest BCUT2D eigenvalue weighted by Crippen LogP contribution is 2.39. The minimum absolute atomic E-state index is 0.234. The van der Waals surface area contributed by atoms with Gasteiger partial charge in [0.05, 0.1) is 8.66 Å². The van der Waals surface area contributed by atoms with Crippen molar-refractivity contribution < 1.29 is 4.79 Å². The summed E-state index contributed by atoms with van der Waals surface area (Å²) < 4.78 is 1.08. The molecule has 1 aromatic heterocycles. The highest BCUT2D eigenvalue weighted by Gasteiger charge is 2.38. The number of hydrogen-bond acceptors (Lipinski definition) is 2. The lowest BCUT2D eigenvalue weighted by molar-refractivity contribution is 0.0785. The molecule has 1 saturated carbocycles. The van der Waals surface area contributed by atoms with Crippen molar-refractivity contribution in [3.8, 4) is 0 Å². The van der Waals surface area contributed by atoms with Gasteiger partial charge in [0, 0.05) is 13.1 Å². The smallest absolute Gasteiger partial charge is 0.263 e. The average molecular weight is 314 g/mol. The maximum absolute atomic E-state index is 12.4. The third-order valence-corrected chi connectivity index (χ3v) is 6.21. The first kappa shape index (κ1) is 11.7. The monoisotopic (exact) mass is 313 g/mol. The van der Waals surface area contributed by atoms with E-state index in [1.54, 1.807) is 11.3 Å². The molecule has 2 fully saturated rings. The van der Waals surface area contributed by atoms with Crippen molar-refractivity contribution in [1.29, 1.82) is 0 Å². The molecule has 0 bridgehead atoms. The summed E-state index contributed by atoms with van der Waals surface area (Å²) in [6.45, 7) is 4.01. The Morgan fingerprint density at radius 3 is 2.59 bits per heavy atom. The van der Waals surface area contributed by atoms with Crippen molar-refractivity contribution in [2.45, 2.75) is 26.2 Å². The van der Waals surface area contributed by atoms with Gasteiger partial charge in [-0.1, -0.05) is 6.42 Å². The number of likely N-dealkylation sites (tertiary alicyclic amines) is 1. The van der Waals surface area contributed by atoms with Crippen LogP contribution in [0.2, 0.25) is 0 Å². The molecule has 0 spiro atoms. The molecular formula is C13H16BrNOS. The summed E-state index contributed by atoms with van der Waals surface area (Å²) in [6.07, 6.45) is 4.00. The Morgan fingerprint density at radius 1 is 1.41 bits per heavy atom. The molecule has 1 saturated heterocycles. The summed E-state index contributed by atoms with van der Waals surface area (Å²) in [4.78, 5) is 15.3. The Morgan fingerprint density at radius 2 is 2.06 bits per heavy atom. The summed E-state index contributed by atoms with van der Waals surface area (Å²) in [6, 6.07) is 2.01. The van der Waals surface area contributed by atoms with E-state index in [-0.39, 0.29) is 5.91 Å². The van der Waals surface area contributed by atoms with Gasteiger partial charge in [0.2, 0.25) is 0 Å². The Kier molecular flexibility index (Phi) is 3.03. The normalized spacial score (nSPS) is 27.5. The largest absolute Gasteiger partial charge is 0.337 e. The number of nitrogens with zero attached hydrogens (tertiary/aromatic N) is 1. The van der Waals surface area contributed by atoms with Gasteiger partial charge in [-0.15, -0.1) is 11.3 Å². The lowest BCUT2D eigenvalue weighted by Gasteiger charge is -2.15. The maximum Gasteiger partial charge on any atom is 0.263 e. The Balaban J connectivity index is 1.75. The minimum atomic E-state index is 0.234. The van der Waals surface area contributed by atoms with Crippen molar-refractivity contribution in [2.24, 2.45) is 11.8 Å². The van der Waals surface area contributed by atoms with Gasteiger partial charge < -0.3 is 4.90 Å². The van der Waals surface area contributed by atoms with E-state index in [2.05, 4.69) is 20.8 Å². The van der Waals surface area contributed by atoms with E-state index < -0.39 is 0 Å². The molecule has 1 aliphatic heterocycles. The van der Waals surface area contributed by atoms with Crippen LogP contribution in [0.5, 0.6) is 0 Å². The fourth-order valence-corrected chi connectivity index (χ4v) is 4.62. The molecule has 2 aliphatic rings. The third kappa shape index (κ3) is 2.06. The van der Waals surface area contributed by atoms with E-state index in [1.807, 2.05) is 13.0 Å². The van der Waals surface area contributed by atoms with Gasteiger partial charge >= 0.3 is 0 Å². The van der Waals surface area contributed by atoms with Crippen molar-refractivity contribution in [2.75, 3.05) is 13.1 Å². The maximum atomic E-state index is 12.4. The Bertz CT molecular complexity index is 425. The summed E-state index contributed by atoms with van der Waals surface area (Å²) in [5.41, 5.74) is 1.16. The highest BCUT2D eigenvalue weighted by molar-refractivity contribution is 9.11. The van der Waals surface area contributed by atoms with Crippen LogP contribution >= 0.6 is 27.3 Å². The van der Waals surface area contributed by atoms with Crippen LogP contribution in [0, 0.1) is 18.8 Å². The average Bonchev–Trinajstić information content (AvgIpc) is 2.92. The lowest BCUT2D eigenvalue weighted by Crippen LogP contribution is -2.28. The molecule has 4 heteroatoms. The second-order valence-corrected chi connectivity index (χ2v) is 7.60. The first-order valence-electron chi connectivity index (χ1n) is 6.20. The van der Waals surface area contributed by atoms with Crippen LogP contribution in [0.15, 0.2) is 9.85 Å². The molecule has 0 radical (unpaired) electrons. The van der Waals surface area contributed by atoms with E-state index in [4.69, 9.17) is 0 Å². The van der Waals surface area contributed by atoms with Gasteiger partial charge in [-0.05, 0) is 59.2 Å². The number of halogens is 1. The zero-order valence-electron chi connectivity index (χ0n) is 9.91. The molecule has 2 heterocycles. The molecule has 3 rings (SSSR count). The first-order chi connectivity index (χ1) is 8.15. The molecule has 2 nitrogen and oxygen atoms in total. The van der Waals surface area contributed by atoms with Crippen LogP contribution in [-0.2, 0) is 0 Å². The van der Waals surface area contributed by atoms with Gasteiger partial charge in [-0.3, -0.25) is 4.79 Å². The molecule has 2 unspecified atom stereocenters. The van der Waals surface area contributed by atoms with Crippen molar-refractivity contribution in [3.05, 3.63) is 20.3 Å². The fourth-order valence-electron chi connectivity index (χ4n) is 3.12. The molecule has 1 amide bonds. The second kappa shape index (κ2) is 4.39. The highest BCUT2D eigenvalue weighted by atomic mass is 79.9. The number of carbonyl (C=O) groups is 1. The third-order valence-electron chi connectivity index (χ3n) is 4.08. The fraction of sp³-hybridized carbons (Fsp3) is 0.615. The van der Waals surface area contributed by atoms with E-state index in [0.717, 1.165) is 39.2 Å². The molecule has 1 aromatic rings. The van der Waals surface area contributed by atoms with E-state index in [1.165, 1.54) is 19.3 Å². The number of rotatable bonds is 1. The van der Waals surface area contributed by atoms with Crippen molar-refractivity contribution >= 4 is 33.2 Å². The van der Waals surface area contributed by atoms with Gasteiger partial charge in [-0.25, -0.2) is 0 Å². The molecule has 92 valence electrons. The zero-order valence-corrected chi connectivity index (χ0v) is 12.3. The van der Waals surface area contributed by atoms with Crippen LogP contribution in [0.25, 0.3) is 0 Å². The molecule has 17 heavy (non-hydrogen) atoms. The lowest BCUT2D eigenvalue weighted by atomic mass is 10.0. The van der Waals surface area contributed by atoms with E-state index >= 15 is 0 Å². The number of aryl methyl sites for hydroxylation is 1. The first-order valence-corrected chi connectivity index (χ1v) is 7.81. The topological polar surface area (TPSA) is 20.3 Å². The minimum Gasteiger partial charge on any atom is -0.337 e. The number of carbonyl (C=O) groups excluding carboxylic acids is 1. The summed E-state index contributed by atoms with van der Waals surface area (Å²) in [5, 5.41) is 0. The predicted octanol–water partition coefficient (Wildman–Crippen LogP) is 3.69. The molecular weight excluding hydrogens is 298 g/mol. The number of amides is 1. The summed E-state index contributed by atoms with van der Waals surface area (Å²) >= 11 is 5.05. The second-order valence-electron chi connectivity index (χ2n) is 5.23. The quantitative estimate of drug-likeness (QED) is 0.774. The van der Waals surface area contributed by atoms with Gasteiger partial charge in [-0.2, -0.15) is 0 Å². The Labute approximate surface area is 114 Å². The van der Waals surface area contributed by atoms with Crippen LogP contribution in [0.1, 0.15) is 34.5 Å². The number of thiophene rings is 1. The van der Waals surface area contributed by atoms with Crippen LogP contribution in [0.4, 0.5) is 0 Å². The van der Waals surface area contributed by atoms with Crippen molar-refractivity contribution in [3.63, 3.8) is 0 Å². The van der Waals surface area contributed by atoms with Crippen LogP contribution in [-0.4, -0.2) is 23.9 Å². The zero-order chi connectivity index (χ0) is 12.0. The SMILES string of the molecule is Cc1cc(C(=O)N2CC3CCCC3C2)sc1Br. The molecule has 1 aliphatic carbocycles. The summed E-state index contributed by atoms with van der Waals surface area (Å²) in [5.74, 6) is 1.80.